The van der Waals surface area contributed by atoms with Crippen LogP contribution in [-0.2, 0) is 0 Å². The lowest BCUT2D eigenvalue weighted by Crippen LogP contribution is -2.29. The van der Waals surface area contributed by atoms with Crippen LogP contribution in [-0.4, -0.2) is 45.5 Å². The van der Waals surface area contributed by atoms with Crippen LogP contribution in [0.2, 0.25) is 0 Å². The van der Waals surface area contributed by atoms with Crippen molar-refractivity contribution in [2.24, 2.45) is 5.92 Å². The average Bonchev–Trinajstić information content (AvgIpc) is 2.97. The molecule has 1 fully saturated rings. The normalized spacial score (nSPS) is 19.6. The van der Waals surface area contributed by atoms with E-state index in [0.29, 0.717) is 13.1 Å². The quantitative estimate of drug-likeness (QED) is 0.588. The number of nitrogens with zero attached hydrogens (tertiary/aromatic N) is 2. The minimum absolute atomic E-state index is 0.0641. The molecule has 1 unspecified atom stereocenters. The van der Waals surface area contributed by atoms with Crippen LogP contribution in [0.4, 0.5) is 5.82 Å². The van der Waals surface area contributed by atoms with Crippen molar-refractivity contribution < 1.29 is 14.8 Å². The van der Waals surface area contributed by atoms with Crippen LogP contribution >= 0.6 is 0 Å². The lowest BCUT2D eigenvalue weighted by molar-refractivity contribution is -0.389. The molecule has 2 heterocycles. The maximum atomic E-state index is 11.9. The molecule has 2 rings (SSSR count). The van der Waals surface area contributed by atoms with Crippen molar-refractivity contribution in [1.82, 2.24) is 9.88 Å². The standard InChI is InChI=1S/C10H13N3O4/c14-6-7-3-4-12(5-7)10(15)8-1-2-9(11-8)13(16)17/h1-2,7,11,14H,3-6H2. The molecule has 92 valence electrons. The molecule has 1 aromatic heterocycles. The van der Waals surface area contributed by atoms with E-state index < -0.39 is 4.92 Å². The van der Waals surface area contributed by atoms with Gasteiger partial charge >= 0.3 is 5.82 Å². The highest BCUT2D eigenvalue weighted by Gasteiger charge is 2.28. The molecule has 7 nitrogen and oxygen atoms in total. The first kappa shape index (κ1) is 11.6. The van der Waals surface area contributed by atoms with Gasteiger partial charge in [-0.05, 0) is 17.4 Å². The molecular weight excluding hydrogens is 226 g/mol. The molecular formula is C10H13N3O4. The Morgan fingerprint density at radius 2 is 2.41 bits per heavy atom. The first-order valence-corrected chi connectivity index (χ1v) is 5.35. The highest BCUT2D eigenvalue weighted by Crippen LogP contribution is 2.19. The molecule has 1 amide bonds. The van der Waals surface area contributed by atoms with E-state index in [0.717, 1.165) is 6.42 Å². The van der Waals surface area contributed by atoms with Gasteiger partial charge in [0.2, 0.25) is 0 Å². The fraction of sp³-hybridized carbons (Fsp3) is 0.500. The number of aliphatic hydroxyl groups is 1. The first-order chi connectivity index (χ1) is 8.11. The van der Waals surface area contributed by atoms with Crippen LogP contribution < -0.4 is 0 Å². The summed E-state index contributed by atoms with van der Waals surface area (Å²) in [7, 11) is 0. The first-order valence-electron chi connectivity index (χ1n) is 5.35. The van der Waals surface area contributed by atoms with Crippen LogP contribution in [0, 0.1) is 16.0 Å². The van der Waals surface area contributed by atoms with E-state index >= 15 is 0 Å². The molecule has 0 radical (unpaired) electrons. The molecule has 1 saturated heterocycles. The van der Waals surface area contributed by atoms with Gasteiger partial charge in [0, 0.05) is 31.7 Å². The van der Waals surface area contributed by atoms with Crippen molar-refractivity contribution in [3.05, 3.63) is 27.9 Å². The van der Waals surface area contributed by atoms with Gasteiger partial charge in [0.25, 0.3) is 5.91 Å². The van der Waals surface area contributed by atoms with Crippen LogP contribution in [0.1, 0.15) is 16.9 Å². The highest BCUT2D eigenvalue weighted by molar-refractivity contribution is 5.93. The summed E-state index contributed by atoms with van der Waals surface area (Å²) >= 11 is 0. The number of aliphatic hydroxyl groups excluding tert-OH is 1. The molecule has 2 N–H and O–H groups in total. The van der Waals surface area contributed by atoms with Gasteiger partial charge in [-0.15, -0.1) is 0 Å². The van der Waals surface area contributed by atoms with E-state index in [4.69, 9.17) is 5.11 Å². The number of nitro groups is 1. The van der Waals surface area contributed by atoms with E-state index in [2.05, 4.69) is 4.98 Å². The van der Waals surface area contributed by atoms with Crippen LogP contribution in [0.5, 0.6) is 0 Å². The molecule has 0 spiro atoms. The molecule has 0 aliphatic carbocycles. The second-order valence-electron chi connectivity index (χ2n) is 4.10. The van der Waals surface area contributed by atoms with Gasteiger partial charge in [-0.1, -0.05) is 0 Å². The van der Waals surface area contributed by atoms with Gasteiger partial charge in [-0.2, -0.15) is 0 Å². The molecule has 17 heavy (non-hydrogen) atoms. The van der Waals surface area contributed by atoms with Crippen molar-refractivity contribution >= 4 is 11.7 Å². The third kappa shape index (κ3) is 2.28. The van der Waals surface area contributed by atoms with Crippen molar-refractivity contribution in [1.29, 1.82) is 0 Å². The summed E-state index contributed by atoms with van der Waals surface area (Å²) < 4.78 is 0. The van der Waals surface area contributed by atoms with Crippen LogP contribution in [0.3, 0.4) is 0 Å². The molecule has 0 bridgehead atoms. The maximum absolute atomic E-state index is 11.9. The summed E-state index contributed by atoms with van der Waals surface area (Å²) in [5.41, 5.74) is 0.218. The van der Waals surface area contributed by atoms with E-state index in [1.165, 1.54) is 12.1 Å². The molecule has 1 aliphatic rings. The van der Waals surface area contributed by atoms with Gasteiger partial charge in [0.1, 0.15) is 0 Å². The predicted molar refractivity (Wildman–Crippen MR) is 58.5 cm³/mol. The van der Waals surface area contributed by atoms with Gasteiger partial charge in [-0.3, -0.25) is 4.79 Å². The SMILES string of the molecule is O=C(c1ccc([N+](=O)[O-])[nH]1)N1CCC(CO)C1. The number of amides is 1. The van der Waals surface area contributed by atoms with Crippen molar-refractivity contribution in [2.45, 2.75) is 6.42 Å². The minimum Gasteiger partial charge on any atom is -0.396 e. The number of aromatic amines is 1. The largest absolute Gasteiger partial charge is 0.396 e. The van der Waals surface area contributed by atoms with E-state index in [-0.39, 0.29) is 29.9 Å². The lowest BCUT2D eigenvalue weighted by Gasteiger charge is -2.13. The molecule has 0 aromatic carbocycles. The summed E-state index contributed by atoms with van der Waals surface area (Å²) in [6.45, 7) is 1.15. The topological polar surface area (TPSA) is 99.5 Å². The number of aromatic nitrogens is 1. The number of likely N-dealkylation sites (tertiary alicyclic amines) is 1. The Balaban J connectivity index is 2.07. The van der Waals surface area contributed by atoms with Gasteiger partial charge in [0.05, 0.1) is 0 Å². The van der Waals surface area contributed by atoms with Gasteiger partial charge in [0.15, 0.2) is 5.69 Å². The third-order valence-electron chi connectivity index (χ3n) is 2.93. The summed E-state index contributed by atoms with van der Waals surface area (Å²) in [6, 6.07) is 2.68. The Bertz CT molecular complexity index is 443. The molecule has 1 aliphatic heterocycles. The third-order valence-corrected chi connectivity index (χ3v) is 2.93. The van der Waals surface area contributed by atoms with E-state index in [9.17, 15) is 14.9 Å². The monoisotopic (exact) mass is 239 g/mol. The predicted octanol–water partition coefficient (Wildman–Crippen LogP) is 0.377. The number of rotatable bonds is 3. The fourth-order valence-corrected chi connectivity index (χ4v) is 1.95. The molecule has 1 atom stereocenters. The van der Waals surface area contributed by atoms with E-state index in [1.807, 2.05) is 0 Å². The number of carbonyl (C=O) groups excluding carboxylic acids is 1. The minimum atomic E-state index is -0.572. The number of hydrogen-bond acceptors (Lipinski definition) is 4. The van der Waals surface area contributed by atoms with Crippen molar-refractivity contribution in [3.63, 3.8) is 0 Å². The van der Waals surface area contributed by atoms with Crippen LogP contribution in [0.15, 0.2) is 12.1 Å². The Morgan fingerprint density at radius 1 is 1.65 bits per heavy atom. The smallest absolute Gasteiger partial charge is 0.321 e. The Morgan fingerprint density at radius 3 is 2.94 bits per heavy atom. The van der Waals surface area contributed by atoms with Gasteiger partial charge < -0.3 is 20.1 Å². The van der Waals surface area contributed by atoms with Crippen molar-refractivity contribution in [3.8, 4) is 0 Å². The lowest BCUT2D eigenvalue weighted by atomic mass is 10.1. The zero-order valence-electron chi connectivity index (χ0n) is 9.13. The zero-order chi connectivity index (χ0) is 12.4. The summed E-state index contributed by atoms with van der Waals surface area (Å²) in [4.78, 5) is 25.9. The highest BCUT2D eigenvalue weighted by atomic mass is 16.6. The fourth-order valence-electron chi connectivity index (χ4n) is 1.95. The second kappa shape index (κ2) is 4.54. The van der Waals surface area contributed by atoms with Gasteiger partial charge in [-0.25, -0.2) is 4.98 Å². The average molecular weight is 239 g/mol. The van der Waals surface area contributed by atoms with Crippen molar-refractivity contribution in [2.75, 3.05) is 19.7 Å². The number of H-pyrrole nitrogens is 1. The number of hydrogen-bond donors (Lipinski definition) is 2. The summed E-state index contributed by atoms with van der Waals surface area (Å²) in [6.07, 6.45) is 0.769. The second-order valence-corrected chi connectivity index (χ2v) is 4.10. The number of carbonyl (C=O) groups is 1. The maximum Gasteiger partial charge on any atom is 0.321 e. The van der Waals surface area contributed by atoms with Crippen LogP contribution in [0.25, 0.3) is 0 Å². The molecule has 0 saturated carbocycles. The zero-order valence-corrected chi connectivity index (χ0v) is 9.13. The molecule has 7 heteroatoms. The van der Waals surface area contributed by atoms with E-state index in [1.54, 1.807) is 4.90 Å². The summed E-state index contributed by atoms with van der Waals surface area (Å²) in [5.74, 6) is -0.329. The Labute approximate surface area is 97.2 Å². The Hall–Kier alpha value is -1.89. The summed E-state index contributed by atoms with van der Waals surface area (Å²) in [5, 5.41) is 19.5. The number of nitrogens with one attached hydrogen (secondary N) is 1. The molecule has 1 aromatic rings. The Kier molecular flexibility index (Phi) is 3.10.